The predicted octanol–water partition coefficient (Wildman–Crippen LogP) is 5.32. The lowest BCUT2D eigenvalue weighted by molar-refractivity contribution is -0.122. The molecule has 0 bridgehead atoms. The lowest BCUT2D eigenvalue weighted by Crippen LogP contribution is -2.37. The van der Waals surface area contributed by atoms with Crippen LogP contribution in [0.3, 0.4) is 0 Å². The number of thiocarbonyl (C=S) groups is 1. The maximum atomic E-state index is 13.8. The Hall–Kier alpha value is -2.97. The molecule has 2 aliphatic rings. The Balaban J connectivity index is 1.49. The summed E-state index contributed by atoms with van der Waals surface area (Å²) in [5, 5.41) is 0. The van der Waals surface area contributed by atoms with E-state index < -0.39 is 0 Å². The van der Waals surface area contributed by atoms with Gasteiger partial charge in [-0.05, 0) is 61.3 Å². The number of nitrogens with zero attached hydrogens (tertiary/aromatic N) is 4. The van der Waals surface area contributed by atoms with Crippen molar-refractivity contribution in [1.82, 2.24) is 14.3 Å². The summed E-state index contributed by atoms with van der Waals surface area (Å²) < 4.78 is 2.12. The highest BCUT2D eigenvalue weighted by atomic mass is 32.2. The van der Waals surface area contributed by atoms with E-state index in [-0.39, 0.29) is 11.5 Å². The van der Waals surface area contributed by atoms with Gasteiger partial charge in [-0.25, -0.2) is 4.98 Å². The second kappa shape index (κ2) is 10.8. The zero-order valence-corrected chi connectivity index (χ0v) is 23.1. The molecular weight excluding hydrogens is 500 g/mol. The van der Waals surface area contributed by atoms with Crippen molar-refractivity contribution in [3.8, 4) is 0 Å². The number of pyridine rings is 1. The molecule has 2 aliphatic heterocycles. The maximum absolute atomic E-state index is 13.8. The van der Waals surface area contributed by atoms with Crippen molar-refractivity contribution < 1.29 is 4.79 Å². The summed E-state index contributed by atoms with van der Waals surface area (Å²) in [7, 11) is 0. The summed E-state index contributed by atoms with van der Waals surface area (Å²) in [6, 6.07) is 14.4. The van der Waals surface area contributed by atoms with Gasteiger partial charge in [-0.15, -0.1) is 0 Å². The number of aromatic nitrogens is 2. The van der Waals surface area contributed by atoms with E-state index in [1.54, 1.807) is 21.6 Å². The lowest BCUT2D eigenvalue weighted by Gasteiger charge is -2.33. The van der Waals surface area contributed by atoms with Crippen LogP contribution >= 0.6 is 24.0 Å². The molecule has 2 saturated heterocycles. The number of hydrogen-bond acceptors (Lipinski definition) is 6. The molecule has 37 heavy (non-hydrogen) atoms. The first-order chi connectivity index (χ1) is 17.8. The van der Waals surface area contributed by atoms with Crippen LogP contribution < -0.4 is 10.5 Å². The van der Waals surface area contributed by atoms with Crippen molar-refractivity contribution in [3.63, 3.8) is 0 Å². The molecule has 2 aromatic heterocycles. The zero-order valence-electron chi connectivity index (χ0n) is 21.5. The van der Waals surface area contributed by atoms with Gasteiger partial charge in [0.2, 0.25) is 0 Å². The molecular formula is C29H32N4O2S2. The van der Waals surface area contributed by atoms with E-state index in [0.29, 0.717) is 44.6 Å². The van der Waals surface area contributed by atoms with Gasteiger partial charge in [0.05, 0.1) is 10.5 Å². The van der Waals surface area contributed by atoms with Gasteiger partial charge in [0, 0.05) is 25.8 Å². The normalized spacial score (nSPS) is 18.1. The molecule has 192 valence electrons. The van der Waals surface area contributed by atoms with Gasteiger partial charge in [-0.2, -0.15) is 0 Å². The van der Waals surface area contributed by atoms with E-state index in [9.17, 15) is 9.59 Å². The molecule has 0 unspecified atom stereocenters. The Bertz CT molecular complexity index is 1420. The predicted molar refractivity (Wildman–Crippen MR) is 156 cm³/mol. The first kappa shape index (κ1) is 25.7. The number of aryl methyl sites for hydroxylation is 1. The number of thioether (sulfide) groups is 1. The molecule has 4 heterocycles. The molecule has 0 atom stereocenters. The summed E-state index contributed by atoms with van der Waals surface area (Å²) in [6.45, 7) is 8.29. The molecule has 6 nitrogen and oxygen atoms in total. The van der Waals surface area contributed by atoms with Gasteiger partial charge in [0.15, 0.2) is 0 Å². The van der Waals surface area contributed by atoms with Crippen molar-refractivity contribution in [3.05, 3.63) is 80.6 Å². The number of hydrogen-bond donors (Lipinski definition) is 0. The first-order valence-corrected chi connectivity index (χ1v) is 14.1. The van der Waals surface area contributed by atoms with Crippen molar-refractivity contribution in [1.29, 1.82) is 0 Å². The van der Waals surface area contributed by atoms with E-state index in [0.717, 1.165) is 37.9 Å². The molecule has 2 fully saturated rings. The van der Waals surface area contributed by atoms with Crippen LogP contribution in [-0.4, -0.2) is 44.1 Å². The van der Waals surface area contributed by atoms with Crippen LogP contribution in [0.15, 0.2) is 58.4 Å². The van der Waals surface area contributed by atoms with Crippen molar-refractivity contribution >= 4 is 51.7 Å². The largest absolute Gasteiger partial charge is 0.356 e. The third kappa shape index (κ3) is 5.36. The third-order valence-corrected chi connectivity index (χ3v) is 8.42. The Labute approximate surface area is 227 Å². The van der Waals surface area contributed by atoms with E-state index in [4.69, 9.17) is 17.2 Å². The molecule has 5 rings (SSSR count). The highest BCUT2D eigenvalue weighted by molar-refractivity contribution is 8.26. The van der Waals surface area contributed by atoms with Crippen LogP contribution in [0.2, 0.25) is 0 Å². The van der Waals surface area contributed by atoms with Gasteiger partial charge in [0.25, 0.3) is 11.5 Å². The molecule has 1 aromatic carbocycles. The Kier molecular flexibility index (Phi) is 7.49. The number of carbonyl (C=O) groups is 1. The van der Waals surface area contributed by atoms with Crippen molar-refractivity contribution in [2.24, 2.45) is 11.8 Å². The van der Waals surface area contributed by atoms with E-state index >= 15 is 0 Å². The van der Waals surface area contributed by atoms with Gasteiger partial charge in [-0.3, -0.25) is 18.9 Å². The highest BCUT2D eigenvalue weighted by Crippen LogP contribution is 2.35. The Morgan fingerprint density at radius 3 is 2.54 bits per heavy atom. The number of piperidine rings is 1. The second-order valence-corrected chi connectivity index (χ2v) is 12.0. The summed E-state index contributed by atoms with van der Waals surface area (Å²) in [5.74, 6) is 1.42. The lowest BCUT2D eigenvalue weighted by atomic mass is 9.90. The molecule has 1 amide bonds. The van der Waals surface area contributed by atoms with E-state index in [2.05, 4.69) is 49.1 Å². The summed E-state index contributed by atoms with van der Waals surface area (Å²) in [4.78, 5) is 36.3. The van der Waals surface area contributed by atoms with Gasteiger partial charge in [0.1, 0.15) is 15.8 Å². The monoisotopic (exact) mass is 532 g/mol. The van der Waals surface area contributed by atoms with Gasteiger partial charge >= 0.3 is 0 Å². The Morgan fingerprint density at radius 2 is 1.84 bits per heavy atom. The van der Waals surface area contributed by atoms with Crippen LogP contribution in [0.25, 0.3) is 11.7 Å². The van der Waals surface area contributed by atoms with Gasteiger partial charge in [-0.1, -0.05) is 74.2 Å². The standard InChI is InChI=1S/C29H32N4O2S2/c1-19(2)18-33-28(35)24(37-29(33)36)17-23-26(30-25-20(3)8-7-13-32(25)27(23)34)31-14-11-22(12-15-31)16-21-9-5-4-6-10-21/h4-10,13,17,19,22H,11-12,14-16,18H2,1-3H3/b24-17-. The van der Waals surface area contributed by atoms with Crippen molar-refractivity contribution in [2.75, 3.05) is 24.5 Å². The maximum Gasteiger partial charge on any atom is 0.267 e. The summed E-state index contributed by atoms with van der Waals surface area (Å²) in [5.41, 5.74) is 3.25. The average Bonchev–Trinajstić information content (AvgIpc) is 3.14. The van der Waals surface area contributed by atoms with Crippen LogP contribution in [0, 0.1) is 18.8 Å². The fourth-order valence-corrected chi connectivity index (χ4v) is 6.37. The number of amides is 1. The van der Waals surface area contributed by atoms with Crippen LogP contribution in [-0.2, 0) is 11.2 Å². The summed E-state index contributed by atoms with van der Waals surface area (Å²) >= 11 is 6.77. The minimum Gasteiger partial charge on any atom is -0.356 e. The fraction of sp³-hybridized carbons (Fsp3) is 0.379. The van der Waals surface area contributed by atoms with Gasteiger partial charge < -0.3 is 4.90 Å². The zero-order chi connectivity index (χ0) is 26.1. The van der Waals surface area contributed by atoms with Crippen LogP contribution in [0.4, 0.5) is 5.82 Å². The molecule has 3 aromatic rings. The summed E-state index contributed by atoms with van der Waals surface area (Å²) in [6.07, 6.45) is 6.58. The molecule has 0 radical (unpaired) electrons. The third-order valence-electron chi connectivity index (χ3n) is 7.04. The fourth-order valence-electron chi connectivity index (χ4n) is 5.12. The second-order valence-electron chi connectivity index (χ2n) is 10.3. The van der Waals surface area contributed by atoms with Crippen LogP contribution in [0.5, 0.6) is 0 Å². The Morgan fingerprint density at radius 1 is 1.11 bits per heavy atom. The number of anilines is 1. The first-order valence-electron chi connectivity index (χ1n) is 12.9. The molecule has 0 aliphatic carbocycles. The number of fused-ring (bicyclic) bond motifs is 1. The number of rotatable bonds is 6. The molecule has 8 heteroatoms. The van der Waals surface area contributed by atoms with Crippen molar-refractivity contribution in [2.45, 2.75) is 40.0 Å². The topological polar surface area (TPSA) is 57.9 Å². The SMILES string of the molecule is Cc1cccn2c(=O)c(/C=C3\SC(=S)N(CC(C)C)C3=O)c(N3CCC(Cc4ccccc4)CC3)nc12. The number of carbonyl (C=O) groups excluding carboxylic acids is 1. The minimum atomic E-state index is -0.163. The smallest absolute Gasteiger partial charge is 0.267 e. The quantitative estimate of drug-likeness (QED) is 0.316. The highest BCUT2D eigenvalue weighted by Gasteiger charge is 2.33. The minimum absolute atomic E-state index is 0.134. The molecule has 0 spiro atoms. The molecule has 0 N–H and O–H groups in total. The van der Waals surface area contributed by atoms with E-state index in [1.165, 1.54) is 17.3 Å². The average molecular weight is 533 g/mol. The van der Waals surface area contributed by atoms with E-state index in [1.807, 2.05) is 19.1 Å². The number of benzene rings is 1. The van der Waals surface area contributed by atoms with Crippen LogP contribution in [0.1, 0.15) is 43.4 Å². The molecule has 0 saturated carbocycles.